The van der Waals surface area contributed by atoms with Crippen LogP contribution in [0.4, 0.5) is 0 Å². The van der Waals surface area contributed by atoms with E-state index >= 15 is 0 Å². The van der Waals surface area contributed by atoms with Gasteiger partial charge in [0.25, 0.3) is 0 Å². The molecule has 0 radical (unpaired) electrons. The maximum atomic E-state index is 3.98. The van der Waals surface area contributed by atoms with Gasteiger partial charge >= 0.3 is 0 Å². The highest BCUT2D eigenvalue weighted by Gasteiger charge is 2.03. The molecule has 0 spiro atoms. The van der Waals surface area contributed by atoms with Crippen LogP contribution in [0.2, 0.25) is 0 Å². The van der Waals surface area contributed by atoms with Gasteiger partial charge in [0.1, 0.15) is 0 Å². The predicted octanol–water partition coefficient (Wildman–Crippen LogP) is 3.94. The van der Waals surface area contributed by atoms with E-state index in [-0.39, 0.29) is 0 Å². The van der Waals surface area contributed by atoms with Crippen molar-refractivity contribution < 1.29 is 0 Å². The lowest BCUT2D eigenvalue weighted by Crippen LogP contribution is -1.90. The highest BCUT2D eigenvalue weighted by molar-refractivity contribution is 8.03. The number of hydrogen-bond donors (Lipinski definition) is 0. The fourth-order valence-electron chi connectivity index (χ4n) is 1.06. The summed E-state index contributed by atoms with van der Waals surface area (Å²) >= 11 is 1.90. The van der Waals surface area contributed by atoms with Gasteiger partial charge in [0.2, 0.25) is 0 Å². The molecule has 0 amide bonds. The summed E-state index contributed by atoms with van der Waals surface area (Å²) in [5.74, 6) is 1.66. The zero-order valence-electron chi connectivity index (χ0n) is 8.29. The van der Waals surface area contributed by atoms with E-state index in [4.69, 9.17) is 0 Å². The standard InChI is InChI=1S/C12H16S/c1-10(2)12-9-11(3)7-5-4-6-8-13-12/h4-7,9-10H,3,8H2,1-2H3/b6-4-,7-5-,12-9?. The van der Waals surface area contributed by atoms with E-state index < -0.39 is 0 Å². The van der Waals surface area contributed by atoms with Gasteiger partial charge in [0.15, 0.2) is 0 Å². The van der Waals surface area contributed by atoms with E-state index in [9.17, 15) is 0 Å². The summed E-state index contributed by atoms with van der Waals surface area (Å²) in [6.45, 7) is 8.42. The molecule has 1 heteroatoms. The van der Waals surface area contributed by atoms with Gasteiger partial charge in [-0.1, -0.05) is 44.7 Å². The average molecular weight is 192 g/mol. The third kappa shape index (κ3) is 3.69. The Labute approximate surface area is 85.1 Å². The Balaban J connectivity index is 2.82. The number of thioether (sulfide) groups is 1. The molecule has 0 aromatic heterocycles. The van der Waals surface area contributed by atoms with Crippen LogP contribution in [-0.2, 0) is 0 Å². The lowest BCUT2D eigenvalue weighted by Gasteiger charge is -2.09. The van der Waals surface area contributed by atoms with Crippen LogP contribution in [0.25, 0.3) is 0 Å². The molecule has 0 saturated heterocycles. The fraction of sp³-hybridized carbons (Fsp3) is 0.333. The molecular formula is C12H16S. The third-order valence-corrected chi connectivity index (χ3v) is 3.08. The first-order valence-corrected chi connectivity index (χ1v) is 5.55. The Hall–Kier alpha value is -0.690. The van der Waals surface area contributed by atoms with Crippen molar-refractivity contribution in [2.45, 2.75) is 13.8 Å². The largest absolute Gasteiger partial charge is 0.126 e. The molecule has 13 heavy (non-hydrogen) atoms. The molecule has 0 aromatic rings. The SMILES string of the molecule is C=C1C=C(C(C)C)SC/C=C\C=C/1. The predicted molar refractivity (Wildman–Crippen MR) is 62.8 cm³/mol. The minimum Gasteiger partial charge on any atom is -0.126 e. The van der Waals surface area contributed by atoms with Gasteiger partial charge in [0, 0.05) is 5.75 Å². The summed E-state index contributed by atoms with van der Waals surface area (Å²) in [6, 6.07) is 0. The van der Waals surface area contributed by atoms with Crippen molar-refractivity contribution in [2.75, 3.05) is 5.75 Å². The van der Waals surface area contributed by atoms with E-state index in [1.54, 1.807) is 0 Å². The lowest BCUT2D eigenvalue weighted by atomic mass is 10.1. The molecule has 0 fully saturated rings. The summed E-state index contributed by atoms with van der Waals surface area (Å²) < 4.78 is 0. The van der Waals surface area contributed by atoms with Gasteiger partial charge in [-0.3, -0.25) is 0 Å². The summed E-state index contributed by atoms with van der Waals surface area (Å²) in [5.41, 5.74) is 1.09. The van der Waals surface area contributed by atoms with Crippen LogP contribution in [0, 0.1) is 5.92 Å². The van der Waals surface area contributed by atoms with E-state index in [0.29, 0.717) is 5.92 Å². The Morgan fingerprint density at radius 2 is 2.15 bits per heavy atom. The summed E-state index contributed by atoms with van der Waals surface area (Å²) in [7, 11) is 0. The monoisotopic (exact) mass is 192 g/mol. The van der Waals surface area contributed by atoms with Crippen molar-refractivity contribution in [3.05, 3.63) is 47.4 Å². The molecule has 0 saturated carbocycles. The van der Waals surface area contributed by atoms with Crippen LogP contribution < -0.4 is 0 Å². The van der Waals surface area contributed by atoms with Crippen LogP contribution in [-0.4, -0.2) is 5.75 Å². The normalized spacial score (nSPS) is 23.0. The molecule has 0 aliphatic carbocycles. The van der Waals surface area contributed by atoms with E-state index in [0.717, 1.165) is 11.3 Å². The first-order chi connectivity index (χ1) is 6.20. The first kappa shape index (κ1) is 10.4. The molecule has 70 valence electrons. The quantitative estimate of drug-likeness (QED) is 0.606. The van der Waals surface area contributed by atoms with E-state index in [1.807, 2.05) is 23.9 Å². The Bertz CT molecular complexity index is 267. The minimum absolute atomic E-state index is 0.599. The Morgan fingerprint density at radius 3 is 2.85 bits per heavy atom. The summed E-state index contributed by atoms with van der Waals surface area (Å²) in [4.78, 5) is 1.42. The average Bonchev–Trinajstić information content (AvgIpc) is 2.16. The van der Waals surface area contributed by atoms with Crippen molar-refractivity contribution >= 4 is 11.8 Å². The van der Waals surface area contributed by atoms with Gasteiger partial charge in [-0.2, -0.15) is 0 Å². The molecule has 1 aliphatic rings. The highest BCUT2D eigenvalue weighted by Crippen LogP contribution is 2.26. The summed E-state index contributed by atoms with van der Waals surface area (Å²) in [6.07, 6.45) is 10.5. The smallest absolute Gasteiger partial charge is 0.0160 e. The number of hydrogen-bond acceptors (Lipinski definition) is 1. The lowest BCUT2D eigenvalue weighted by molar-refractivity contribution is 0.816. The molecule has 0 bridgehead atoms. The van der Waals surface area contributed by atoms with Crippen LogP contribution in [0.3, 0.4) is 0 Å². The zero-order valence-corrected chi connectivity index (χ0v) is 9.10. The van der Waals surface area contributed by atoms with Crippen LogP contribution in [0.1, 0.15) is 13.8 Å². The molecule has 1 rings (SSSR count). The van der Waals surface area contributed by atoms with Crippen molar-refractivity contribution in [2.24, 2.45) is 5.92 Å². The first-order valence-electron chi connectivity index (χ1n) is 4.56. The van der Waals surface area contributed by atoms with Crippen LogP contribution >= 0.6 is 11.8 Å². The molecule has 0 nitrogen and oxygen atoms in total. The van der Waals surface area contributed by atoms with Gasteiger partial charge in [-0.15, -0.1) is 11.8 Å². The van der Waals surface area contributed by atoms with Crippen molar-refractivity contribution in [3.63, 3.8) is 0 Å². The van der Waals surface area contributed by atoms with Crippen LogP contribution in [0.5, 0.6) is 0 Å². The second-order valence-corrected chi connectivity index (χ2v) is 4.47. The molecule has 0 aromatic carbocycles. The molecule has 1 heterocycles. The second kappa shape index (κ2) is 5.13. The number of allylic oxidation sites excluding steroid dienone is 6. The highest BCUT2D eigenvalue weighted by atomic mass is 32.2. The fourth-order valence-corrected chi connectivity index (χ4v) is 2.03. The van der Waals surface area contributed by atoms with Crippen LogP contribution in [0.15, 0.2) is 47.4 Å². The topological polar surface area (TPSA) is 0 Å². The molecule has 0 N–H and O–H groups in total. The van der Waals surface area contributed by atoms with Crippen molar-refractivity contribution in [1.82, 2.24) is 0 Å². The van der Waals surface area contributed by atoms with Crippen molar-refractivity contribution in [3.8, 4) is 0 Å². The maximum absolute atomic E-state index is 3.98. The van der Waals surface area contributed by atoms with Gasteiger partial charge < -0.3 is 0 Å². The van der Waals surface area contributed by atoms with Gasteiger partial charge in [-0.05, 0) is 22.5 Å². The minimum atomic E-state index is 0.599. The molecule has 1 aliphatic heterocycles. The van der Waals surface area contributed by atoms with E-state index in [1.165, 1.54) is 4.91 Å². The van der Waals surface area contributed by atoms with Gasteiger partial charge in [-0.25, -0.2) is 0 Å². The maximum Gasteiger partial charge on any atom is 0.0160 e. The molecular weight excluding hydrogens is 176 g/mol. The van der Waals surface area contributed by atoms with Crippen molar-refractivity contribution in [1.29, 1.82) is 0 Å². The zero-order chi connectivity index (χ0) is 9.68. The Morgan fingerprint density at radius 1 is 1.38 bits per heavy atom. The molecule has 0 atom stereocenters. The van der Waals surface area contributed by atoms with Gasteiger partial charge in [0.05, 0.1) is 0 Å². The van der Waals surface area contributed by atoms with E-state index in [2.05, 4.69) is 38.7 Å². The molecule has 0 unspecified atom stereocenters. The second-order valence-electron chi connectivity index (χ2n) is 3.37. The number of rotatable bonds is 1. The third-order valence-electron chi connectivity index (χ3n) is 1.80. The summed E-state index contributed by atoms with van der Waals surface area (Å²) in [5, 5.41) is 0. The Kier molecular flexibility index (Phi) is 4.10.